The van der Waals surface area contributed by atoms with Crippen LogP contribution >= 0.6 is 0 Å². The molecule has 1 aliphatic heterocycles. The third-order valence-corrected chi connectivity index (χ3v) is 8.44. The van der Waals surface area contributed by atoms with E-state index in [1.54, 1.807) is 6.20 Å². The maximum Gasteiger partial charge on any atom is 0.405 e. The van der Waals surface area contributed by atoms with Crippen LogP contribution in [0.15, 0.2) is 66.9 Å². The molecule has 0 bridgehead atoms. The summed E-state index contributed by atoms with van der Waals surface area (Å²) in [6, 6.07) is 19.1. The minimum Gasteiger partial charge on any atom is -0.346 e. The molecule has 0 unspecified atom stereocenters. The third kappa shape index (κ3) is 5.05. The number of pyridine rings is 1. The molecule has 214 valence electrons. The maximum atomic E-state index is 13.7. The predicted octanol–water partition coefficient (Wildman–Crippen LogP) is 4.91. The van der Waals surface area contributed by atoms with Crippen molar-refractivity contribution in [3.05, 3.63) is 78.0 Å². The van der Waals surface area contributed by atoms with Crippen molar-refractivity contribution < 1.29 is 18.0 Å². The Bertz CT molecular complexity index is 1510. The van der Waals surface area contributed by atoms with E-state index < -0.39 is 24.0 Å². The van der Waals surface area contributed by atoms with E-state index in [0.29, 0.717) is 12.8 Å². The molecule has 6 rings (SSSR count). The molecule has 2 aliphatic rings. The van der Waals surface area contributed by atoms with E-state index in [1.165, 1.54) is 0 Å². The molecule has 0 saturated carbocycles. The highest BCUT2D eigenvalue weighted by molar-refractivity contribution is 6.00. The molecule has 0 radical (unpaired) electrons. The second-order valence-electron chi connectivity index (χ2n) is 10.9. The van der Waals surface area contributed by atoms with Gasteiger partial charge in [0.2, 0.25) is 11.9 Å². The number of imidazole rings is 1. The van der Waals surface area contributed by atoms with Crippen molar-refractivity contribution in [1.82, 2.24) is 24.8 Å². The highest BCUT2D eigenvalue weighted by Crippen LogP contribution is 2.51. The molecule has 41 heavy (non-hydrogen) atoms. The number of amides is 1. The summed E-state index contributed by atoms with van der Waals surface area (Å²) in [4.78, 5) is 27.6. The molecule has 2 aromatic carbocycles. The lowest BCUT2D eigenvalue weighted by Gasteiger charge is -2.35. The molecule has 1 saturated heterocycles. The van der Waals surface area contributed by atoms with Crippen molar-refractivity contribution in [1.29, 1.82) is 0 Å². The molecule has 4 aromatic rings. The lowest BCUT2D eigenvalue weighted by atomic mass is 9.73. The fraction of sp³-hybridized carbons (Fsp3) is 0.387. The fourth-order valence-corrected chi connectivity index (χ4v) is 6.48. The van der Waals surface area contributed by atoms with Crippen LogP contribution < -0.4 is 10.2 Å². The van der Waals surface area contributed by atoms with E-state index in [2.05, 4.69) is 20.1 Å². The molecular weight excluding hydrogens is 529 g/mol. The monoisotopic (exact) mass is 562 g/mol. The summed E-state index contributed by atoms with van der Waals surface area (Å²) in [6.45, 7) is 2.99. The number of nitrogens with zero attached hydrogens (tertiary/aromatic N) is 5. The summed E-state index contributed by atoms with van der Waals surface area (Å²) in [6.07, 6.45) is -0.710. The summed E-state index contributed by atoms with van der Waals surface area (Å²) >= 11 is 0. The molecule has 3 heterocycles. The standard InChI is InChI=1S/C31H33F3N6O/c1-38-27-26(13-8-15-35-27)37-29(38)40-19-17-39(18-20-40)16-7-6-14-30(28(41)36-21-31(32,33)34)24-11-4-2-9-22(24)23-10-3-5-12-25(23)30/h2-5,8-13,15H,6-7,14,16-21H2,1H3,(H,36,41). The molecule has 1 N–H and O–H groups in total. The second kappa shape index (κ2) is 10.8. The van der Waals surface area contributed by atoms with E-state index in [-0.39, 0.29) is 0 Å². The predicted molar refractivity (Wildman–Crippen MR) is 153 cm³/mol. The Kier molecular flexibility index (Phi) is 7.19. The zero-order chi connectivity index (χ0) is 28.6. The summed E-state index contributed by atoms with van der Waals surface area (Å²) in [5, 5.41) is 2.22. The van der Waals surface area contributed by atoms with Gasteiger partial charge < -0.3 is 10.2 Å². The molecule has 2 aromatic heterocycles. The zero-order valence-corrected chi connectivity index (χ0v) is 23.0. The number of carbonyl (C=O) groups excluding carboxylic acids is 1. The lowest BCUT2D eigenvalue weighted by Crippen LogP contribution is -2.48. The molecule has 1 fully saturated rings. The van der Waals surface area contributed by atoms with Crippen molar-refractivity contribution in [2.24, 2.45) is 7.05 Å². The Balaban J connectivity index is 1.13. The zero-order valence-electron chi connectivity index (χ0n) is 23.0. The Morgan fingerprint density at radius 3 is 2.22 bits per heavy atom. The van der Waals surface area contributed by atoms with Gasteiger partial charge in [0.1, 0.15) is 17.5 Å². The Hall–Kier alpha value is -3.92. The number of fused-ring (bicyclic) bond motifs is 4. The van der Waals surface area contributed by atoms with Crippen molar-refractivity contribution in [2.45, 2.75) is 30.9 Å². The van der Waals surface area contributed by atoms with Crippen LogP contribution in [0.2, 0.25) is 0 Å². The maximum absolute atomic E-state index is 13.7. The van der Waals surface area contributed by atoms with Gasteiger partial charge in [-0.2, -0.15) is 13.2 Å². The Morgan fingerprint density at radius 1 is 0.927 bits per heavy atom. The molecular formula is C31H33F3N6O. The number of aromatic nitrogens is 3. The van der Waals surface area contributed by atoms with Crippen LogP contribution in [0.4, 0.5) is 19.1 Å². The average Bonchev–Trinajstić information content (AvgIpc) is 3.47. The van der Waals surface area contributed by atoms with Crippen LogP contribution in [0.25, 0.3) is 22.3 Å². The van der Waals surface area contributed by atoms with E-state index in [1.807, 2.05) is 72.3 Å². The van der Waals surface area contributed by atoms with Crippen LogP contribution in [0.5, 0.6) is 0 Å². The number of rotatable bonds is 8. The van der Waals surface area contributed by atoms with Crippen LogP contribution in [-0.2, 0) is 17.3 Å². The number of halogens is 3. The highest BCUT2D eigenvalue weighted by Gasteiger charge is 2.49. The first-order chi connectivity index (χ1) is 19.8. The number of hydrogen-bond donors (Lipinski definition) is 1. The van der Waals surface area contributed by atoms with Gasteiger partial charge in [0.25, 0.3) is 0 Å². The van der Waals surface area contributed by atoms with Gasteiger partial charge in [0, 0.05) is 39.4 Å². The number of hydrogen-bond acceptors (Lipinski definition) is 5. The quantitative estimate of drug-likeness (QED) is 0.310. The fourth-order valence-electron chi connectivity index (χ4n) is 6.48. The SMILES string of the molecule is Cn1c(N2CCN(CCCCC3(C(=O)NCC(F)(F)F)c4ccccc4-c4ccccc43)CC2)nc2cccnc21. The molecule has 10 heteroatoms. The number of anilines is 1. The minimum absolute atomic E-state index is 0.442. The summed E-state index contributed by atoms with van der Waals surface area (Å²) in [7, 11) is 1.99. The van der Waals surface area contributed by atoms with Crippen molar-refractivity contribution >= 4 is 23.0 Å². The summed E-state index contributed by atoms with van der Waals surface area (Å²) in [5.41, 5.74) is 4.00. The van der Waals surface area contributed by atoms with Crippen LogP contribution in [0.1, 0.15) is 30.4 Å². The molecule has 0 atom stereocenters. The Labute approximate surface area is 237 Å². The second-order valence-corrected chi connectivity index (χ2v) is 10.9. The van der Waals surface area contributed by atoms with Gasteiger partial charge in [-0.1, -0.05) is 55.0 Å². The molecule has 1 amide bonds. The third-order valence-electron chi connectivity index (χ3n) is 8.44. The first-order valence-electron chi connectivity index (χ1n) is 14.1. The summed E-state index contributed by atoms with van der Waals surface area (Å²) < 4.78 is 41.4. The topological polar surface area (TPSA) is 66.3 Å². The van der Waals surface area contributed by atoms with Gasteiger partial charge in [-0.25, -0.2) is 9.97 Å². The van der Waals surface area contributed by atoms with Crippen molar-refractivity contribution in [2.75, 3.05) is 44.2 Å². The number of alkyl halides is 3. The number of aryl methyl sites for hydroxylation is 1. The van der Waals surface area contributed by atoms with Crippen LogP contribution in [0.3, 0.4) is 0 Å². The molecule has 1 aliphatic carbocycles. The van der Waals surface area contributed by atoms with Gasteiger partial charge in [-0.3, -0.25) is 14.3 Å². The molecule has 0 spiro atoms. The number of piperazine rings is 1. The van der Waals surface area contributed by atoms with Crippen molar-refractivity contribution in [3.63, 3.8) is 0 Å². The van der Waals surface area contributed by atoms with E-state index in [0.717, 1.165) is 78.5 Å². The largest absolute Gasteiger partial charge is 0.405 e. The van der Waals surface area contributed by atoms with E-state index >= 15 is 0 Å². The summed E-state index contributed by atoms with van der Waals surface area (Å²) in [5.74, 6) is 0.335. The number of unbranched alkanes of at least 4 members (excludes halogenated alkanes) is 1. The first-order valence-corrected chi connectivity index (χ1v) is 14.1. The van der Waals surface area contributed by atoms with Crippen molar-refractivity contribution in [3.8, 4) is 11.1 Å². The van der Waals surface area contributed by atoms with Gasteiger partial charge in [-0.15, -0.1) is 0 Å². The lowest BCUT2D eigenvalue weighted by molar-refractivity contribution is -0.141. The van der Waals surface area contributed by atoms with E-state index in [9.17, 15) is 18.0 Å². The first kappa shape index (κ1) is 27.3. The van der Waals surface area contributed by atoms with Crippen LogP contribution in [-0.4, -0.2) is 70.8 Å². The smallest absolute Gasteiger partial charge is 0.346 e. The van der Waals surface area contributed by atoms with E-state index in [4.69, 9.17) is 4.98 Å². The minimum atomic E-state index is -4.48. The number of carbonyl (C=O) groups is 1. The van der Waals surface area contributed by atoms with Crippen LogP contribution in [0, 0.1) is 0 Å². The van der Waals surface area contributed by atoms with Gasteiger partial charge in [-0.05, 0) is 53.8 Å². The Morgan fingerprint density at radius 2 is 1.59 bits per heavy atom. The number of nitrogens with one attached hydrogen (secondary N) is 1. The van der Waals surface area contributed by atoms with Gasteiger partial charge in [0.15, 0.2) is 5.65 Å². The average molecular weight is 563 g/mol. The highest BCUT2D eigenvalue weighted by atomic mass is 19.4. The molecule has 7 nitrogen and oxygen atoms in total. The van der Waals surface area contributed by atoms with Gasteiger partial charge in [0.05, 0.1) is 0 Å². The van der Waals surface area contributed by atoms with Gasteiger partial charge >= 0.3 is 6.18 Å². The number of benzene rings is 2. The normalized spacial score (nSPS) is 16.5.